The number of hydrogen-bond acceptors (Lipinski definition) is 3. The summed E-state index contributed by atoms with van der Waals surface area (Å²) in [5, 5.41) is 12.1. The van der Waals surface area contributed by atoms with E-state index in [0.717, 1.165) is 38.9 Å². The van der Waals surface area contributed by atoms with E-state index in [0.29, 0.717) is 6.42 Å². The molecule has 2 fully saturated rings. The maximum absolute atomic E-state index is 12.3. The summed E-state index contributed by atoms with van der Waals surface area (Å²) in [6.45, 7) is 4.56. The van der Waals surface area contributed by atoms with E-state index in [9.17, 15) is 9.59 Å². The monoisotopic (exact) mass is 283 g/mol. The summed E-state index contributed by atoms with van der Waals surface area (Å²) in [4.78, 5) is 27.4. The molecule has 0 aromatic rings. The Kier molecular flexibility index (Phi) is 4.86. The zero-order valence-electron chi connectivity index (χ0n) is 12.3. The Morgan fingerprint density at radius 3 is 2.65 bits per heavy atom. The zero-order chi connectivity index (χ0) is 14.7. The molecule has 0 radical (unpaired) electrons. The number of urea groups is 1. The lowest BCUT2D eigenvalue weighted by atomic mass is 9.86. The van der Waals surface area contributed by atoms with Crippen LogP contribution in [0.15, 0.2) is 0 Å². The van der Waals surface area contributed by atoms with Gasteiger partial charge in [-0.1, -0.05) is 6.42 Å². The van der Waals surface area contributed by atoms with E-state index >= 15 is 0 Å². The third kappa shape index (κ3) is 3.62. The van der Waals surface area contributed by atoms with Crippen molar-refractivity contribution in [2.45, 2.75) is 44.7 Å². The SMILES string of the molecule is CC1CN(C)CCN1C(=O)NC1CCCC(C(=O)O)C1. The van der Waals surface area contributed by atoms with Crippen molar-refractivity contribution in [3.05, 3.63) is 0 Å². The number of piperazine rings is 1. The van der Waals surface area contributed by atoms with Gasteiger partial charge in [0.25, 0.3) is 0 Å². The molecule has 20 heavy (non-hydrogen) atoms. The highest BCUT2D eigenvalue weighted by Crippen LogP contribution is 2.24. The number of carboxylic acids is 1. The van der Waals surface area contributed by atoms with Gasteiger partial charge in [-0.25, -0.2) is 4.79 Å². The summed E-state index contributed by atoms with van der Waals surface area (Å²) in [6, 6.07) is 0.165. The number of amides is 2. The first kappa shape index (κ1) is 15.1. The first-order valence-electron chi connectivity index (χ1n) is 7.46. The van der Waals surface area contributed by atoms with Gasteiger partial charge in [0.1, 0.15) is 0 Å². The van der Waals surface area contributed by atoms with E-state index in [2.05, 4.69) is 24.2 Å². The van der Waals surface area contributed by atoms with Crippen LogP contribution >= 0.6 is 0 Å². The Morgan fingerprint density at radius 1 is 1.25 bits per heavy atom. The van der Waals surface area contributed by atoms with Gasteiger partial charge >= 0.3 is 12.0 Å². The molecule has 114 valence electrons. The van der Waals surface area contributed by atoms with E-state index in [1.807, 2.05) is 4.90 Å². The summed E-state index contributed by atoms with van der Waals surface area (Å²) in [7, 11) is 2.06. The molecule has 1 aliphatic heterocycles. The van der Waals surface area contributed by atoms with E-state index in [4.69, 9.17) is 5.11 Å². The van der Waals surface area contributed by atoms with Gasteiger partial charge in [-0.05, 0) is 33.2 Å². The Hall–Kier alpha value is -1.30. The second kappa shape index (κ2) is 6.43. The smallest absolute Gasteiger partial charge is 0.317 e. The molecule has 2 N–H and O–H groups in total. The van der Waals surface area contributed by atoms with Gasteiger partial charge in [0.2, 0.25) is 0 Å². The molecule has 6 heteroatoms. The topological polar surface area (TPSA) is 72.9 Å². The van der Waals surface area contributed by atoms with Gasteiger partial charge < -0.3 is 20.2 Å². The fourth-order valence-electron chi connectivity index (χ4n) is 3.24. The molecule has 1 heterocycles. The van der Waals surface area contributed by atoms with Crippen molar-refractivity contribution >= 4 is 12.0 Å². The molecule has 6 nitrogen and oxygen atoms in total. The average Bonchev–Trinajstić information content (AvgIpc) is 2.38. The van der Waals surface area contributed by atoms with Crippen LogP contribution in [0.5, 0.6) is 0 Å². The van der Waals surface area contributed by atoms with E-state index in [1.165, 1.54) is 0 Å². The normalized spacial score (nSPS) is 31.9. The maximum atomic E-state index is 12.3. The van der Waals surface area contributed by atoms with Crippen LogP contribution in [-0.4, -0.2) is 65.7 Å². The molecular weight excluding hydrogens is 258 g/mol. The molecule has 0 spiro atoms. The molecule has 0 aromatic heterocycles. The van der Waals surface area contributed by atoms with Crippen LogP contribution in [0.2, 0.25) is 0 Å². The Balaban J connectivity index is 1.86. The minimum Gasteiger partial charge on any atom is -0.481 e. The summed E-state index contributed by atoms with van der Waals surface area (Å²) in [6.07, 6.45) is 3.05. The highest BCUT2D eigenvalue weighted by atomic mass is 16.4. The predicted molar refractivity (Wildman–Crippen MR) is 75.6 cm³/mol. The van der Waals surface area contributed by atoms with Crippen molar-refractivity contribution in [1.82, 2.24) is 15.1 Å². The van der Waals surface area contributed by atoms with Gasteiger partial charge in [-0.2, -0.15) is 0 Å². The van der Waals surface area contributed by atoms with Crippen molar-refractivity contribution in [2.24, 2.45) is 5.92 Å². The number of rotatable bonds is 2. The van der Waals surface area contributed by atoms with E-state index < -0.39 is 5.97 Å². The first-order valence-corrected chi connectivity index (χ1v) is 7.46. The molecule has 0 bridgehead atoms. The Bertz CT molecular complexity index is 375. The van der Waals surface area contributed by atoms with Crippen molar-refractivity contribution < 1.29 is 14.7 Å². The summed E-state index contributed by atoms with van der Waals surface area (Å²) < 4.78 is 0. The molecule has 3 atom stereocenters. The molecule has 2 amide bonds. The van der Waals surface area contributed by atoms with Gasteiger partial charge in [-0.15, -0.1) is 0 Å². The van der Waals surface area contributed by atoms with Crippen LogP contribution in [0.4, 0.5) is 4.79 Å². The number of carbonyl (C=O) groups excluding carboxylic acids is 1. The van der Waals surface area contributed by atoms with Crippen LogP contribution in [0.1, 0.15) is 32.6 Å². The summed E-state index contributed by atoms with van der Waals surface area (Å²) >= 11 is 0. The molecular formula is C14H25N3O3. The van der Waals surface area contributed by atoms with Crippen molar-refractivity contribution in [1.29, 1.82) is 0 Å². The highest BCUT2D eigenvalue weighted by molar-refractivity contribution is 5.75. The summed E-state index contributed by atoms with van der Waals surface area (Å²) in [5.41, 5.74) is 0. The van der Waals surface area contributed by atoms with Gasteiger partial charge in [-0.3, -0.25) is 4.79 Å². The zero-order valence-corrected chi connectivity index (χ0v) is 12.3. The third-order valence-corrected chi connectivity index (χ3v) is 4.44. The Labute approximate surface area is 120 Å². The number of aliphatic carboxylic acids is 1. The fourth-order valence-corrected chi connectivity index (χ4v) is 3.24. The molecule has 1 saturated heterocycles. The van der Waals surface area contributed by atoms with E-state index in [1.54, 1.807) is 0 Å². The lowest BCUT2D eigenvalue weighted by Gasteiger charge is -2.39. The van der Waals surface area contributed by atoms with Gasteiger partial charge in [0, 0.05) is 31.7 Å². The van der Waals surface area contributed by atoms with Crippen LogP contribution in [0.3, 0.4) is 0 Å². The summed E-state index contributed by atoms with van der Waals surface area (Å²) in [5.74, 6) is -1.05. The van der Waals surface area contributed by atoms with Gasteiger partial charge in [0.05, 0.1) is 5.92 Å². The number of hydrogen-bond donors (Lipinski definition) is 2. The molecule has 1 saturated carbocycles. The molecule has 2 aliphatic rings. The van der Waals surface area contributed by atoms with Crippen LogP contribution in [0.25, 0.3) is 0 Å². The van der Waals surface area contributed by atoms with Crippen LogP contribution < -0.4 is 5.32 Å². The lowest BCUT2D eigenvalue weighted by Crippen LogP contribution is -2.57. The molecule has 3 unspecified atom stereocenters. The van der Waals surface area contributed by atoms with Crippen molar-refractivity contribution in [2.75, 3.05) is 26.7 Å². The number of nitrogens with one attached hydrogen (secondary N) is 1. The minimum atomic E-state index is -0.739. The van der Waals surface area contributed by atoms with E-state index in [-0.39, 0.29) is 24.0 Å². The second-order valence-corrected chi connectivity index (χ2v) is 6.15. The van der Waals surface area contributed by atoms with Crippen molar-refractivity contribution in [3.63, 3.8) is 0 Å². The fraction of sp³-hybridized carbons (Fsp3) is 0.857. The maximum Gasteiger partial charge on any atom is 0.317 e. The quantitative estimate of drug-likeness (QED) is 0.792. The first-order chi connectivity index (χ1) is 9.47. The number of nitrogens with zero attached hydrogens (tertiary/aromatic N) is 2. The Morgan fingerprint density at radius 2 is 2.00 bits per heavy atom. The average molecular weight is 283 g/mol. The standard InChI is InChI=1S/C14H25N3O3/c1-10-9-16(2)6-7-17(10)14(20)15-12-5-3-4-11(8-12)13(18)19/h10-12H,3-9H2,1-2H3,(H,15,20)(H,18,19). The molecule has 1 aliphatic carbocycles. The largest absolute Gasteiger partial charge is 0.481 e. The third-order valence-electron chi connectivity index (χ3n) is 4.44. The number of carboxylic acid groups (broad SMARTS) is 1. The molecule has 2 rings (SSSR count). The highest BCUT2D eigenvalue weighted by Gasteiger charge is 2.31. The predicted octanol–water partition coefficient (Wildman–Crippen LogP) is 0.975. The lowest BCUT2D eigenvalue weighted by molar-refractivity contribution is -0.143. The van der Waals surface area contributed by atoms with Gasteiger partial charge in [0.15, 0.2) is 0 Å². The van der Waals surface area contributed by atoms with Crippen LogP contribution in [0, 0.1) is 5.92 Å². The van der Waals surface area contributed by atoms with Crippen molar-refractivity contribution in [3.8, 4) is 0 Å². The van der Waals surface area contributed by atoms with Crippen LogP contribution in [-0.2, 0) is 4.79 Å². The second-order valence-electron chi connectivity index (χ2n) is 6.15. The number of likely N-dealkylation sites (N-methyl/N-ethyl adjacent to an activating group) is 1. The minimum absolute atomic E-state index is 0.00389. The molecule has 0 aromatic carbocycles. The number of carbonyl (C=O) groups is 2.